The van der Waals surface area contributed by atoms with E-state index in [1.54, 1.807) is 24.4 Å². The molecule has 8 heteroatoms. The first-order valence-corrected chi connectivity index (χ1v) is 8.87. The summed E-state index contributed by atoms with van der Waals surface area (Å²) in [7, 11) is 0. The fourth-order valence-electron chi connectivity index (χ4n) is 2.18. The molecule has 2 heterocycles. The molecule has 0 amide bonds. The van der Waals surface area contributed by atoms with Crippen LogP contribution in [-0.4, -0.2) is 21.4 Å². The van der Waals surface area contributed by atoms with Gasteiger partial charge in [-0.2, -0.15) is 9.78 Å². The summed E-state index contributed by atoms with van der Waals surface area (Å²) in [5, 5.41) is 4.78. The summed E-state index contributed by atoms with van der Waals surface area (Å²) in [6, 6.07) is 10.7. The van der Waals surface area contributed by atoms with Crippen LogP contribution in [-0.2, 0) is 6.42 Å². The van der Waals surface area contributed by atoms with Gasteiger partial charge < -0.3 is 4.74 Å². The Bertz CT molecular complexity index is 928. The van der Waals surface area contributed by atoms with Crippen molar-refractivity contribution in [2.24, 2.45) is 0 Å². The summed E-state index contributed by atoms with van der Waals surface area (Å²) < 4.78 is 7.03. The van der Waals surface area contributed by atoms with Crippen molar-refractivity contribution in [1.82, 2.24) is 14.8 Å². The molecule has 0 N–H and O–H groups in total. The summed E-state index contributed by atoms with van der Waals surface area (Å²) in [4.78, 5) is 16.8. The Morgan fingerprint density at radius 2 is 1.88 bits per heavy atom. The first-order chi connectivity index (χ1) is 12.1. The average molecular weight is 441 g/mol. The molecule has 3 rings (SSSR count). The number of pyridine rings is 1. The molecule has 0 unspecified atom stereocenters. The molecule has 0 atom stereocenters. The second-order valence-electron chi connectivity index (χ2n) is 5.03. The van der Waals surface area contributed by atoms with Crippen molar-refractivity contribution in [3.05, 3.63) is 79.4 Å². The van der Waals surface area contributed by atoms with Crippen LogP contribution in [0.3, 0.4) is 0 Å². The second kappa shape index (κ2) is 7.99. The molecule has 0 aliphatic carbocycles. The number of nitrogens with zero attached hydrogens (tertiary/aromatic N) is 3. The molecule has 0 fully saturated rings. The highest BCUT2D eigenvalue weighted by molar-refractivity contribution is 9.10. The van der Waals surface area contributed by atoms with Crippen LogP contribution < -0.4 is 10.3 Å². The molecule has 0 radical (unpaired) electrons. The molecule has 3 aromatic rings. The number of ether oxygens (including phenoxy) is 1. The summed E-state index contributed by atoms with van der Waals surface area (Å²) in [6.45, 7) is 0.369. The van der Waals surface area contributed by atoms with Gasteiger partial charge in [0.05, 0.1) is 22.8 Å². The second-order valence-corrected chi connectivity index (χ2v) is 6.64. The van der Waals surface area contributed by atoms with E-state index < -0.39 is 5.56 Å². The minimum atomic E-state index is -0.412. The van der Waals surface area contributed by atoms with E-state index in [0.29, 0.717) is 34.5 Å². The summed E-state index contributed by atoms with van der Waals surface area (Å²) in [5.74, 6) is 0.348. The Labute approximate surface area is 162 Å². The van der Waals surface area contributed by atoms with Gasteiger partial charge in [0, 0.05) is 18.3 Å². The highest BCUT2D eigenvalue weighted by atomic mass is 79.9. The van der Waals surface area contributed by atoms with Gasteiger partial charge in [-0.1, -0.05) is 35.3 Å². The maximum Gasteiger partial charge on any atom is 0.289 e. The normalized spacial score (nSPS) is 10.7. The molecule has 0 spiro atoms. The van der Waals surface area contributed by atoms with E-state index in [2.05, 4.69) is 26.0 Å². The van der Waals surface area contributed by atoms with Gasteiger partial charge in [0.1, 0.15) is 10.2 Å². The summed E-state index contributed by atoms with van der Waals surface area (Å²) in [6.07, 6.45) is 3.79. The summed E-state index contributed by atoms with van der Waals surface area (Å²) >= 11 is 15.5. The van der Waals surface area contributed by atoms with Crippen molar-refractivity contribution in [3.8, 4) is 11.4 Å². The van der Waals surface area contributed by atoms with Gasteiger partial charge in [-0.15, -0.1) is 0 Å². The van der Waals surface area contributed by atoms with Crippen LogP contribution in [0.2, 0.25) is 10.0 Å². The van der Waals surface area contributed by atoms with Crippen molar-refractivity contribution < 1.29 is 4.74 Å². The molecule has 0 bridgehead atoms. The molecule has 1 aromatic carbocycles. The number of hydrogen-bond acceptors (Lipinski definition) is 4. The molecule has 128 valence electrons. The van der Waals surface area contributed by atoms with Gasteiger partial charge >= 0.3 is 0 Å². The number of hydrogen-bond donors (Lipinski definition) is 0. The quantitative estimate of drug-likeness (QED) is 0.592. The van der Waals surface area contributed by atoms with Crippen molar-refractivity contribution in [2.75, 3.05) is 6.61 Å². The minimum Gasteiger partial charge on any atom is -0.490 e. The monoisotopic (exact) mass is 439 g/mol. The molecule has 0 aliphatic rings. The van der Waals surface area contributed by atoms with E-state index in [9.17, 15) is 4.79 Å². The highest BCUT2D eigenvalue weighted by Crippen LogP contribution is 2.28. The first-order valence-electron chi connectivity index (χ1n) is 7.33. The van der Waals surface area contributed by atoms with E-state index in [1.165, 1.54) is 6.20 Å². The van der Waals surface area contributed by atoms with E-state index in [-0.39, 0.29) is 4.47 Å². The van der Waals surface area contributed by atoms with Crippen LogP contribution in [0.25, 0.3) is 5.69 Å². The fourth-order valence-corrected chi connectivity index (χ4v) is 3.12. The number of para-hydroxylation sites is 1. The maximum atomic E-state index is 12.6. The number of rotatable bonds is 5. The van der Waals surface area contributed by atoms with Crippen molar-refractivity contribution in [1.29, 1.82) is 0 Å². The van der Waals surface area contributed by atoms with Gasteiger partial charge in [-0.3, -0.25) is 9.78 Å². The van der Waals surface area contributed by atoms with Crippen LogP contribution in [0.15, 0.2) is 58.1 Å². The maximum absolute atomic E-state index is 12.6. The third-order valence-corrected chi connectivity index (χ3v) is 4.72. The summed E-state index contributed by atoms with van der Waals surface area (Å²) in [5.41, 5.74) is 0.824. The lowest BCUT2D eigenvalue weighted by atomic mass is 10.3. The van der Waals surface area contributed by atoms with Gasteiger partial charge in [0.25, 0.3) is 5.56 Å². The van der Waals surface area contributed by atoms with Crippen LogP contribution in [0, 0.1) is 0 Å². The molecular weight excluding hydrogens is 429 g/mol. The standard InChI is InChI=1S/C17H12BrCl2N3O2/c18-15-14(25-9-7-11-4-1-2-8-21-11)10-22-23(17(15)24)16-12(19)5-3-6-13(16)20/h1-6,8,10H,7,9H2. The third kappa shape index (κ3) is 4.03. The van der Waals surface area contributed by atoms with E-state index in [1.807, 2.05) is 18.2 Å². The molecule has 5 nitrogen and oxygen atoms in total. The number of aromatic nitrogens is 3. The fraction of sp³-hybridized carbons (Fsp3) is 0.118. The lowest BCUT2D eigenvalue weighted by molar-refractivity contribution is 0.315. The van der Waals surface area contributed by atoms with Crippen LogP contribution in [0.1, 0.15) is 5.69 Å². The van der Waals surface area contributed by atoms with Crippen molar-refractivity contribution >= 4 is 39.1 Å². The van der Waals surface area contributed by atoms with Gasteiger partial charge in [-0.25, -0.2) is 0 Å². The molecule has 0 aliphatic heterocycles. The third-order valence-electron chi connectivity index (χ3n) is 3.38. The molecule has 25 heavy (non-hydrogen) atoms. The number of benzene rings is 1. The van der Waals surface area contributed by atoms with Crippen molar-refractivity contribution in [2.45, 2.75) is 6.42 Å². The van der Waals surface area contributed by atoms with Gasteiger partial charge in [0.15, 0.2) is 5.75 Å². The Morgan fingerprint density at radius 3 is 2.56 bits per heavy atom. The zero-order valence-electron chi connectivity index (χ0n) is 12.8. The Hall–Kier alpha value is -1.89. The predicted octanol–water partition coefficient (Wildman–Crippen LogP) is 4.32. The average Bonchev–Trinajstić information content (AvgIpc) is 2.61. The zero-order valence-corrected chi connectivity index (χ0v) is 15.9. The lowest BCUT2D eigenvalue weighted by Gasteiger charge is -2.12. The Morgan fingerprint density at radius 1 is 1.12 bits per heavy atom. The Kier molecular flexibility index (Phi) is 5.73. The Balaban J connectivity index is 1.82. The lowest BCUT2D eigenvalue weighted by Crippen LogP contribution is -2.23. The molecule has 2 aromatic heterocycles. The van der Waals surface area contributed by atoms with E-state index in [0.717, 1.165) is 10.4 Å². The molecule has 0 saturated carbocycles. The predicted molar refractivity (Wildman–Crippen MR) is 101 cm³/mol. The molecular formula is C17H12BrCl2N3O2. The molecule has 0 saturated heterocycles. The van der Waals surface area contributed by atoms with Crippen molar-refractivity contribution in [3.63, 3.8) is 0 Å². The first kappa shape index (κ1) is 17.9. The SMILES string of the molecule is O=c1c(Br)c(OCCc2ccccn2)cnn1-c1c(Cl)cccc1Cl. The van der Waals surface area contributed by atoms with Crippen LogP contribution >= 0.6 is 39.1 Å². The smallest absolute Gasteiger partial charge is 0.289 e. The van der Waals surface area contributed by atoms with Crippen LogP contribution in [0.5, 0.6) is 5.75 Å². The van der Waals surface area contributed by atoms with Gasteiger partial charge in [0.2, 0.25) is 0 Å². The highest BCUT2D eigenvalue weighted by Gasteiger charge is 2.15. The largest absolute Gasteiger partial charge is 0.490 e. The minimum absolute atomic E-state index is 0.250. The van der Waals surface area contributed by atoms with E-state index >= 15 is 0 Å². The van der Waals surface area contributed by atoms with Gasteiger partial charge in [-0.05, 0) is 40.2 Å². The van der Waals surface area contributed by atoms with Crippen LogP contribution in [0.4, 0.5) is 0 Å². The van der Waals surface area contributed by atoms with E-state index in [4.69, 9.17) is 27.9 Å². The number of halogens is 3. The topological polar surface area (TPSA) is 57.0 Å². The zero-order chi connectivity index (χ0) is 17.8.